The van der Waals surface area contributed by atoms with Crippen LogP contribution in [0.1, 0.15) is 35.9 Å². The Morgan fingerprint density at radius 2 is 2.12 bits per heavy atom. The molecule has 5 nitrogen and oxygen atoms in total. The van der Waals surface area contributed by atoms with Gasteiger partial charge in [-0.3, -0.25) is 0 Å². The summed E-state index contributed by atoms with van der Waals surface area (Å²) in [5.41, 5.74) is 1.58. The second-order valence-electron chi connectivity index (χ2n) is 6.16. The first-order valence-electron chi connectivity index (χ1n) is 8.33. The summed E-state index contributed by atoms with van der Waals surface area (Å²) in [6.45, 7) is 5.56. The molecule has 25 heavy (non-hydrogen) atoms. The van der Waals surface area contributed by atoms with Crippen molar-refractivity contribution in [3.05, 3.63) is 58.2 Å². The third kappa shape index (κ3) is 4.19. The summed E-state index contributed by atoms with van der Waals surface area (Å²) in [6.07, 6.45) is 1.45. The molecule has 1 atom stereocenters. The number of pyridine rings is 1. The lowest BCUT2D eigenvalue weighted by molar-refractivity contribution is 0.0355. The van der Waals surface area contributed by atoms with Gasteiger partial charge in [-0.2, -0.15) is 0 Å². The first-order valence-corrected chi connectivity index (χ1v) is 9.12. The van der Waals surface area contributed by atoms with Crippen LogP contribution in [0.25, 0.3) is 0 Å². The maximum Gasteiger partial charge on any atom is 0.342 e. The lowest BCUT2D eigenvalue weighted by Crippen LogP contribution is -2.40. The van der Waals surface area contributed by atoms with E-state index in [1.165, 1.54) is 0 Å². The highest BCUT2D eigenvalue weighted by Gasteiger charge is 2.27. The number of hydrogen-bond donors (Lipinski definition) is 0. The standard InChI is InChI=1S/C19H21BrN2O3/c1-13(2)25-19(23)15-7-5-9-21-18(15)22-10-11-24-17(12-22)14-6-3-4-8-16(14)20/h3-9,13,17H,10-12H2,1-2H3. The predicted molar refractivity (Wildman–Crippen MR) is 99.8 cm³/mol. The zero-order valence-corrected chi connectivity index (χ0v) is 15.9. The summed E-state index contributed by atoms with van der Waals surface area (Å²) < 4.78 is 12.3. The number of morpholine rings is 1. The maximum atomic E-state index is 12.4. The molecule has 1 fully saturated rings. The number of carbonyl (C=O) groups excluding carboxylic acids is 1. The lowest BCUT2D eigenvalue weighted by atomic mass is 10.1. The molecule has 1 aliphatic rings. The molecule has 2 heterocycles. The summed E-state index contributed by atoms with van der Waals surface area (Å²) in [7, 11) is 0. The van der Waals surface area contributed by atoms with E-state index in [1.54, 1.807) is 18.3 Å². The molecule has 6 heteroatoms. The molecule has 1 saturated heterocycles. The number of halogens is 1. The Morgan fingerprint density at radius 3 is 2.88 bits per heavy atom. The van der Waals surface area contributed by atoms with Gasteiger partial charge in [0, 0.05) is 23.8 Å². The van der Waals surface area contributed by atoms with Crippen LogP contribution in [-0.2, 0) is 9.47 Å². The van der Waals surface area contributed by atoms with Crippen LogP contribution < -0.4 is 4.90 Å². The smallest absolute Gasteiger partial charge is 0.342 e. The normalized spacial score (nSPS) is 17.6. The monoisotopic (exact) mass is 404 g/mol. The average molecular weight is 405 g/mol. The number of rotatable bonds is 4. The van der Waals surface area contributed by atoms with E-state index >= 15 is 0 Å². The van der Waals surface area contributed by atoms with E-state index in [4.69, 9.17) is 9.47 Å². The van der Waals surface area contributed by atoms with Gasteiger partial charge in [0.05, 0.1) is 12.7 Å². The minimum atomic E-state index is -0.345. The van der Waals surface area contributed by atoms with E-state index in [0.717, 1.165) is 10.0 Å². The van der Waals surface area contributed by atoms with Crippen LogP contribution in [-0.4, -0.2) is 36.8 Å². The van der Waals surface area contributed by atoms with Crippen molar-refractivity contribution in [2.45, 2.75) is 26.1 Å². The minimum Gasteiger partial charge on any atom is -0.459 e. The highest BCUT2D eigenvalue weighted by molar-refractivity contribution is 9.10. The molecule has 132 valence electrons. The molecule has 0 aliphatic carbocycles. The Bertz CT molecular complexity index is 751. The molecular weight excluding hydrogens is 384 g/mol. The van der Waals surface area contributed by atoms with Gasteiger partial charge >= 0.3 is 5.97 Å². The molecule has 1 aliphatic heterocycles. The van der Waals surface area contributed by atoms with Gasteiger partial charge in [0.1, 0.15) is 17.5 Å². The number of nitrogens with zero attached hydrogens (tertiary/aromatic N) is 2. The molecule has 0 spiro atoms. The van der Waals surface area contributed by atoms with Gasteiger partial charge in [0.2, 0.25) is 0 Å². The second-order valence-corrected chi connectivity index (χ2v) is 7.01. The Hall–Kier alpha value is -1.92. The Labute approximate surface area is 156 Å². The van der Waals surface area contributed by atoms with Gasteiger partial charge in [-0.05, 0) is 37.6 Å². The molecule has 2 aromatic rings. The fourth-order valence-electron chi connectivity index (χ4n) is 2.85. The summed E-state index contributed by atoms with van der Waals surface area (Å²) in [5, 5.41) is 0. The molecule has 3 rings (SSSR count). The van der Waals surface area contributed by atoms with E-state index in [-0.39, 0.29) is 18.2 Å². The van der Waals surface area contributed by atoms with Gasteiger partial charge in [-0.1, -0.05) is 34.1 Å². The fraction of sp³-hybridized carbons (Fsp3) is 0.368. The third-order valence-corrected chi connectivity index (χ3v) is 4.69. The van der Waals surface area contributed by atoms with Gasteiger partial charge < -0.3 is 14.4 Å². The zero-order valence-electron chi connectivity index (χ0n) is 14.3. The average Bonchev–Trinajstić information content (AvgIpc) is 2.62. The predicted octanol–water partition coefficient (Wildman–Crippen LogP) is 3.99. The van der Waals surface area contributed by atoms with Crippen LogP contribution in [0.3, 0.4) is 0 Å². The summed E-state index contributed by atoms with van der Waals surface area (Å²) in [4.78, 5) is 18.9. The number of benzene rings is 1. The first-order chi connectivity index (χ1) is 12.1. The lowest BCUT2D eigenvalue weighted by Gasteiger charge is -2.35. The molecule has 1 aromatic heterocycles. The molecule has 0 amide bonds. The van der Waals surface area contributed by atoms with Crippen LogP contribution in [0.5, 0.6) is 0 Å². The number of aromatic nitrogens is 1. The zero-order chi connectivity index (χ0) is 17.8. The summed E-state index contributed by atoms with van der Waals surface area (Å²) in [6, 6.07) is 11.5. The quantitative estimate of drug-likeness (QED) is 0.721. The van der Waals surface area contributed by atoms with Crippen molar-refractivity contribution in [1.29, 1.82) is 0 Å². The SMILES string of the molecule is CC(C)OC(=O)c1cccnc1N1CCOC(c2ccccc2Br)C1. The number of esters is 1. The molecule has 0 radical (unpaired) electrons. The van der Waals surface area contributed by atoms with Gasteiger partial charge in [-0.25, -0.2) is 9.78 Å². The molecular formula is C19H21BrN2O3. The Morgan fingerprint density at radius 1 is 1.32 bits per heavy atom. The van der Waals surface area contributed by atoms with E-state index in [1.807, 2.05) is 38.1 Å². The van der Waals surface area contributed by atoms with Crippen LogP contribution >= 0.6 is 15.9 Å². The van der Waals surface area contributed by atoms with E-state index < -0.39 is 0 Å². The van der Waals surface area contributed by atoms with Crippen molar-refractivity contribution in [3.8, 4) is 0 Å². The van der Waals surface area contributed by atoms with Crippen molar-refractivity contribution in [3.63, 3.8) is 0 Å². The maximum absolute atomic E-state index is 12.4. The number of ether oxygens (including phenoxy) is 2. The Balaban J connectivity index is 1.85. The molecule has 0 bridgehead atoms. The van der Waals surface area contributed by atoms with Crippen LogP contribution in [0.2, 0.25) is 0 Å². The second kappa shape index (κ2) is 7.97. The molecule has 0 N–H and O–H groups in total. The van der Waals surface area contributed by atoms with Crippen molar-refractivity contribution < 1.29 is 14.3 Å². The van der Waals surface area contributed by atoms with Crippen molar-refractivity contribution in [2.75, 3.05) is 24.6 Å². The van der Waals surface area contributed by atoms with E-state index in [9.17, 15) is 4.79 Å². The largest absolute Gasteiger partial charge is 0.459 e. The van der Waals surface area contributed by atoms with Gasteiger partial charge in [0.15, 0.2) is 0 Å². The van der Waals surface area contributed by atoms with E-state index in [0.29, 0.717) is 31.1 Å². The third-order valence-electron chi connectivity index (χ3n) is 3.97. The highest BCUT2D eigenvalue weighted by Crippen LogP contribution is 2.31. The van der Waals surface area contributed by atoms with Crippen LogP contribution in [0.4, 0.5) is 5.82 Å². The van der Waals surface area contributed by atoms with Crippen LogP contribution in [0.15, 0.2) is 47.1 Å². The van der Waals surface area contributed by atoms with E-state index in [2.05, 4.69) is 25.8 Å². The van der Waals surface area contributed by atoms with Crippen molar-refractivity contribution in [2.24, 2.45) is 0 Å². The molecule has 1 unspecified atom stereocenters. The van der Waals surface area contributed by atoms with Crippen molar-refractivity contribution >= 4 is 27.7 Å². The minimum absolute atomic E-state index is 0.0831. The highest BCUT2D eigenvalue weighted by atomic mass is 79.9. The van der Waals surface area contributed by atoms with Crippen molar-refractivity contribution in [1.82, 2.24) is 4.98 Å². The fourth-order valence-corrected chi connectivity index (χ4v) is 3.39. The number of anilines is 1. The molecule has 1 aromatic carbocycles. The van der Waals surface area contributed by atoms with Gasteiger partial charge in [0.25, 0.3) is 0 Å². The summed E-state index contributed by atoms with van der Waals surface area (Å²) >= 11 is 3.58. The number of carbonyl (C=O) groups is 1. The summed E-state index contributed by atoms with van der Waals surface area (Å²) in [5.74, 6) is 0.301. The van der Waals surface area contributed by atoms with Gasteiger partial charge in [-0.15, -0.1) is 0 Å². The molecule has 0 saturated carbocycles. The number of hydrogen-bond acceptors (Lipinski definition) is 5. The Kier molecular flexibility index (Phi) is 5.71. The topological polar surface area (TPSA) is 51.7 Å². The first kappa shape index (κ1) is 17.9. The van der Waals surface area contributed by atoms with Crippen LogP contribution in [0, 0.1) is 0 Å².